The zero-order valence-corrected chi connectivity index (χ0v) is 18.3. The van der Waals surface area contributed by atoms with E-state index in [1.54, 1.807) is 24.3 Å². The summed E-state index contributed by atoms with van der Waals surface area (Å²) in [5.74, 6) is 0.317. The summed E-state index contributed by atoms with van der Waals surface area (Å²) in [4.78, 5) is 28.1. The van der Waals surface area contributed by atoms with Crippen LogP contribution < -0.4 is 5.56 Å². The maximum absolute atomic E-state index is 13.3. The number of benzene rings is 2. The van der Waals surface area contributed by atoms with Gasteiger partial charge in [-0.3, -0.25) is 19.5 Å². The minimum absolute atomic E-state index is 0.207. The van der Waals surface area contributed by atoms with Crippen LogP contribution in [-0.4, -0.2) is 14.5 Å². The van der Waals surface area contributed by atoms with E-state index in [4.69, 9.17) is 4.42 Å². The molecular weight excluding hydrogens is 553 g/mol. The quantitative estimate of drug-likeness (QED) is 0.188. The lowest BCUT2D eigenvalue weighted by Crippen LogP contribution is -2.22. The Labute approximate surface area is 186 Å². The molecule has 0 aliphatic rings. The zero-order valence-electron chi connectivity index (χ0n) is 14.6. The number of aromatic nitrogens is 2. The van der Waals surface area contributed by atoms with Crippen LogP contribution in [0.4, 0.5) is 5.88 Å². The minimum Gasteiger partial charge on any atom is -0.401 e. The first kappa shape index (κ1) is 19.5. The summed E-state index contributed by atoms with van der Waals surface area (Å²) in [6, 6.07) is 15.5. The molecule has 0 N–H and O–H groups in total. The molecule has 2 aromatic heterocycles. The van der Waals surface area contributed by atoms with Crippen LogP contribution in [0.3, 0.4) is 0 Å². The topological polar surface area (TPSA) is 91.2 Å². The van der Waals surface area contributed by atoms with Crippen molar-refractivity contribution in [2.45, 2.75) is 0 Å². The molecule has 0 spiro atoms. The highest BCUT2D eigenvalue weighted by atomic mass is 127. The van der Waals surface area contributed by atoms with Gasteiger partial charge < -0.3 is 4.42 Å². The first-order valence-electron chi connectivity index (χ1n) is 8.33. The second kappa shape index (κ2) is 7.91. The molecule has 0 radical (unpaired) electrons. The Bertz CT molecular complexity index is 1330. The molecule has 0 unspecified atom stereocenters. The molecule has 4 rings (SSSR count). The fourth-order valence-corrected chi connectivity index (χ4v) is 3.57. The molecular formula is C20H11BrIN3O4. The van der Waals surface area contributed by atoms with Gasteiger partial charge in [0, 0.05) is 8.04 Å². The van der Waals surface area contributed by atoms with Gasteiger partial charge in [0.2, 0.25) is 0 Å². The molecule has 0 aliphatic heterocycles. The Kier molecular flexibility index (Phi) is 5.33. The molecule has 0 atom stereocenters. The number of rotatable bonds is 4. The number of hydrogen-bond acceptors (Lipinski definition) is 5. The maximum Gasteiger partial charge on any atom is 0.433 e. The largest absolute Gasteiger partial charge is 0.433 e. The van der Waals surface area contributed by atoms with Crippen LogP contribution >= 0.6 is 38.5 Å². The van der Waals surface area contributed by atoms with Gasteiger partial charge in [0.1, 0.15) is 16.5 Å². The Balaban J connectivity index is 1.91. The highest BCUT2D eigenvalue weighted by Crippen LogP contribution is 2.21. The molecule has 29 heavy (non-hydrogen) atoms. The molecule has 0 bridgehead atoms. The second-order valence-corrected chi connectivity index (χ2v) is 8.18. The van der Waals surface area contributed by atoms with E-state index < -0.39 is 4.92 Å². The fourth-order valence-electron chi connectivity index (χ4n) is 2.81. The highest BCUT2D eigenvalue weighted by Gasteiger charge is 2.13. The van der Waals surface area contributed by atoms with E-state index in [0.717, 1.165) is 8.04 Å². The molecule has 144 valence electrons. The maximum atomic E-state index is 13.3. The molecule has 0 saturated heterocycles. The molecule has 7 nitrogen and oxygen atoms in total. The van der Waals surface area contributed by atoms with E-state index in [2.05, 4.69) is 43.5 Å². The first-order valence-corrected chi connectivity index (χ1v) is 10.2. The van der Waals surface area contributed by atoms with Crippen LogP contribution in [0.1, 0.15) is 11.6 Å². The van der Waals surface area contributed by atoms with E-state index in [1.807, 2.05) is 30.3 Å². The van der Waals surface area contributed by atoms with E-state index in [1.165, 1.54) is 16.7 Å². The smallest absolute Gasteiger partial charge is 0.401 e. The van der Waals surface area contributed by atoms with Gasteiger partial charge in [0.15, 0.2) is 0 Å². The second-order valence-electron chi connectivity index (χ2n) is 6.01. The van der Waals surface area contributed by atoms with Gasteiger partial charge in [0.25, 0.3) is 5.56 Å². The third kappa shape index (κ3) is 4.01. The predicted octanol–water partition coefficient (Wildman–Crippen LogP) is 5.42. The van der Waals surface area contributed by atoms with Crippen LogP contribution in [0.25, 0.3) is 28.7 Å². The van der Waals surface area contributed by atoms with Crippen LogP contribution in [-0.2, 0) is 0 Å². The van der Waals surface area contributed by atoms with E-state index in [-0.39, 0.29) is 17.2 Å². The standard InChI is InChI=1S/C20H11BrIN3O4/c21-12-1-4-14(5-2-12)24-18(9-6-15-7-10-19(29-15)25(27)28)23-17-8-3-13(22)11-16(17)20(24)26/h1-11H. The number of fused-ring (bicyclic) bond motifs is 1. The number of nitrogens with zero attached hydrogens (tertiary/aromatic N) is 3. The molecule has 2 heterocycles. The zero-order chi connectivity index (χ0) is 20.5. The molecule has 0 saturated carbocycles. The summed E-state index contributed by atoms with van der Waals surface area (Å²) in [5, 5.41) is 11.3. The van der Waals surface area contributed by atoms with E-state index in [0.29, 0.717) is 22.4 Å². The summed E-state index contributed by atoms with van der Waals surface area (Å²) in [6.45, 7) is 0. The van der Waals surface area contributed by atoms with Crippen LogP contribution in [0.2, 0.25) is 0 Å². The summed E-state index contributed by atoms with van der Waals surface area (Å²) < 4.78 is 8.47. The summed E-state index contributed by atoms with van der Waals surface area (Å²) in [6.07, 6.45) is 3.14. The van der Waals surface area contributed by atoms with Gasteiger partial charge in [-0.2, -0.15) is 0 Å². The van der Waals surface area contributed by atoms with Crippen molar-refractivity contribution in [2.24, 2.45) is 0 Å². The van der Waals surface area contributed by atoms with Crippen LogP contribution in [0, 0.1) is 13.7 Å². The molecule has 9 heteroatoms. The first-order chi connectivity index (χ1) is 13.9. The number of hydrogen-bond donors (Lipinski definition) is 0. The lowest BCUT2D eigenvalue weighted by molar-refractivity contribution is -0.402. The Morgan fingerprint density at radius 2 is 1.86 bits per heavy atom. The summed E-state index contributed by atoms with van der Waals surface area (Å²) >= 11 is 5.55. The normalized spacial score (nSPS) is 11.4. The predicted molar refractivity (Wildman–Crippen MR) is 122 cm³/mol. The van der Waals surface area contributed by atoms with Gasteiger partial charge >= 0.3 is 5.88 Å². The number of halogens is 2. The van der Waals surface area contributed by atoms with Gasteiger partial charge in [0.05, 0.1) is 22.7 Å². The van der Waals surface area contributed by atoms with Crippen molar-refractivity contribution >= 4 is 67.5 Å². The Morgan fingerprint density at radius 1 is 1.10 bits per heavy atom. The number of nitro groups is 1. The van der Waals surface area contributed by atoms with Crippen LogP contribution in [0.15, 0.2) is 68.3 Å². The average Bonchev–Trinajstić information content (AvgIpc) is 3.17. The molecule has 2 aromatic carbocycles. The van der Waals surface area contributed by atoms with Crippen molar-refractivity contribution in [1.29, 1.82) is 0 Å². The Hall–Kier alpha value is -2.79. The number of furan rings is 1. The summed E-state index contributed by atoms with van der Waals surface area (Å²) in [5.41, 5.74) is 1.01. The van der Waals surface area contributed by atoms with Gasteiger partial charge in [-0.1, -0.05) is 15.9 Å². The third-order valence-corrected chi connectivity index (χ3v) is 5.33. The van der Waals surface area contributed by atoms with Crippen LogP contribution in [0.5, 0.6) is 0 Å². The van der Waals surface area contributed by atoms with Gasteiger partial charge in [-0.15, -0.1) is 0 Å². The fraction of sp³-hybridized carbons (Fsp3) is 0. The van der Waals surface area contributed by atoms with Crippen molar-refractivity contribution in [3.05, 3.63) is 94.7 Å². The SMILES string of the molecule is O=c1c2cc(I)ccc2nc(C=Cc2ccc([N+](=O)[O-])o2)n1-c1ccc(Br)cc1. The molecule has 4 aromatic rings. The molecule has 0 amide bonds. The van der Waals surface area contributed by atoms with Crippen molar-refractivity contribution in [1.82, 2.24) is 9.55 Å². The van der Waals surface area contributed by atoms with Crippen molar-refractivity contribution in [3.8, 4) is 5.69 Å². The third-order valence-electron chi connectivity index (χ3n) is 4.13. The van der Waals surface area contributed by atoms with Crippen molar-refractivity contribution in [2.75, 3.05) is 0 Å². The minimum atomic E-state index is -0.606. The van der Waals surface area contributed by atoms with Crippen molar-refractivity contribution < 1.29 is 9.34 Å². The van der Waals surface area contributed by atoms with E-state index in [9.17, 15) is 14.9 Å². The average molecular weight is 564 g/mol. The summed E-state index contributed by atoms with van der Waals surface area (Å²) in [7, 11) is 0. The van der Waals surface area contributed by atoms with E-state index >= 15 is 0 Å². The van der Waals surface area contributed by atoms with Crippen molar-refractivity contribution in [3.63, 3.8) is 0 Å². The lowest BCUT2D eigenvalue weighted by atomic mass is 10.2. The molecule has 0 aliphatic carbocycles. The monoisotopic (exact) mass is 563 g/mol. The molecule has 0 fully saturated rings. The van der Waals surface area contributed by atoms with Gasteiger partial charge in [-0.25, -0.2) is 4.98 Å². The lowest BCUT2D eigenvalue weighted by Gasteiger charge is -2.11. The van der Waals surface area contributed by atoms with Gasteiger partial charge in [-0.05, 0) is 83.3 Å². The highest BCUT2D eigenvalue weighted by molar-refractivity contribution is 14.1. The Morgan fingerprint density at radius 3 is 2.55 bits per heavy atom.